The molecule has 55 valence electrons. The highest BCUT2D eigenvalue weighted by molar-refractivity contribution is 5.54. The standard InChI is InChI=1S/C9H8NO/c11-10-7-3-5-8-4-1-2-6-9(8)10/h1-4,6,11H,5H2. The van der Waals surface area contributed by atoms with Crippen molar-refractivity contribution in [2.24, 2.45) is 0 Å². The normalized spacial score (nSPS) is 14.8. The number of para-hydroxylation sites is 1. The lowest BCUT2D eigenvalue weighted by molar-refractivity contribution is 0.286. The van der Waals surface area contributed by atoms with Gasteiger partial charge in [0.05, 0.1) is 11.9 Å². The van der Waals surface area contributed by atoms with Crippen LogP contribution in [0.2, 0.25) is 0 Å². The van der Waals surface area contributed by atoms with Crippen LogP contribution in [0.15, 0.2) is 30.3 Å². The molecule has 0 spiro atoms. The molecule has 11 heavy (non-hydrogen) atoms. The van der Waals surface area contributed by atoms with Crippen LogP contribution in [0.5, 0.6) is 0 Å². The van der Waals surface area contributed by atoms with Gasteiger partial charge in [-0.05, 0) is 18.1 Å². The zero-order chi connectivity index (χ0) is 7.68. The van der Waals surface area contributed by atoms with E-state index in [1.165, 1.54) is 0 Å². The Balaban J connectivity index is 2.50. The van der Waals surface area contributed by atoms with Gasteiger partial charge in [0.25, 0.3) is 0 Å². The van der Waals surface area contributed by atoms with Crippen molar-refractivity contribution in [1.82, 2.24) is 0 Å². The Hall–Kier alpha value is -1.28. The molecule has 1 aliphatic heterocycles. The Morgan fingerprint density at radius 3 is 3.00 bits per heavy atom. The van der Waals surface area contributed by atoms with Crippen molar-refractivity contribution in [3.05, 3.63) is 42.1 Å². The molecule has 1 aromatic carbocycles. The van der Waals surface area contributed by atoms with Gasteiger partial charge in [-0.3, -0.25) is 5.21 Å². The molecular formula is C9H8NO. The molecule has 0 atom stereocenters. The minimum Gasteiger partial charge on any atom is -0.283 e. The number of hydroxylamine groups is 1. The SMILES string of the molecule is ON1[C]=CCc2ccccc21. The van der Waals surface area contributed by atoms with E-state index < -0.39 is 0 Å². The number of allylic oxidation sites excluding steroid dienone is 1. The van der Waals surface area contributed by atoms with Crippen molar-refractivity contribution in [1.29, 1.82) is 0 Å². The van der Waals surface area contributed by atoms with Gasteiger partial charge in [-0.1, -0.05) is 24.3 Å². The van der Waals surface area contributed by atoms with Crippen LogP contribution in [-0.2, 0) is 6.42 Å². The third-order valence-corrected chi connectivity index (χ3v) is 1.76. The first kappa shape index (κ1) is 6.43. The van der Waals surface area contributed by atoms with Crippen molar-refractivity contribution in [2.45, 2.75) is 6.42 Å². The zero-order valence-electron chi connectivity index (χ0n) is 5.99. The quantitative estimate of drug-likeness (QED) is 0.602. The van der Waals surface area contributed by atoms with Crippen molar-refractivity contribution in [2.75, 3.05) is 5.06 Å². The van der Waals surface area contributed by atoms with Gasteiger partial charge in [-0.25, -0.2) is 5.06 Å². The summed E-state index contributed by atoms with van der Waals surface area (Å²) in [5, 5.41) is 10.3. The van der Waals surface area contributed by atoms with Gasteiger partial charge >= 0.3 is 0 Å². The Kier molecular flexibility index (Phi) is 1.40. The maximum atomic E-state index is 9.25. The Morgan fingerprint density at radius 1 is 1.36 bits per heavy atom. The van der Waals surface area contributed by atoms with Crippen LogP contribution < -0.4 is 5.06 Å². The molecule has 0 saturated heterocycles. The summed E-state index contributed by atoms with van der Waals surface area (Å²) in [5.41, 5.74) is 1.96. The molecule has 2 rings (SSSR count). The molecule has 1 aromatic rings. The van der Waals surface area contributed by atoms with E-state index in [-0.39, 0.29) is 0 Å². The van der Waals surface area contributed by atoms with E-state index in [9.17, 15) is 5.21 Å². The number of fused-ring (bicyclic) bond motifs is 1. The van der Waals surface area contributed by atoms with E-state index in [1.807, 2.05) is 30.3 Å². The fourth-order valence-electron chi connectivity index (χ4n) is 1.20. The van der Waals surface area contributed by atoms with Crippen molar-refractivity contribution in [3.8, 4) is 0 Å². The monoisotopic (exact) mass is 146 g/mol. The van der Waals surface area contributed by atoms with Gasteiger partial charge in [0, 0.05) is 0 Å². The Bertz CT molecular complexity index is 293. The molecule has 1 heterocycles. The Morgan fingerprint density at radius 2 is 2.18 bits per heavy atom. The summed E-state index contributed by atoms with van der Waals surface area (Å²) in [6.07, 6.45) is 5.36. The van der Waals surface area contributed by atoms with Crippen LogP contribution in [0.25, 0.3) is 0 Å². The molecular weight excluding hydrogens is 138 g/mol. The second-order valence-electron chi connectivity index (χ2n) is 2.48. The third kappa shape index (κ3) is 1.01. The molecule has 0 aromatic heterocycles. The zero-order valence-corrected chi connectivity index (χ0v) is 5.99. The first-order valence-corrected chi connectivity index (χ1v) is 3.53. The van der Waals surface area contributed by atoms with Crippen molar-refractivity contribution < 1.29 is 5.21 Å². The smallest absolute Gasteiger partial charge is 0.0915 e. The van der Waals surface area contributed by atoms with Gasteiger partial charge in [0.1, 0.15) is 0 Å². The molecule has 1 N–H and O–H groups in total. The maximum Gasteiger partial charge on any atom is 0.0915 e. The van der Waals surface area contributed by atoms with E-state index in [2.05, 4.69) is 6.20 Å². The number of rotatable bonds is 0. The van der Waals surface area contributed by atoms with E-state index >= 15 is 0 Å². The Labute approximate surface area is 65.3 Å². The number of hydrogen-bond donors (Lipinski definition) is 1. The topological polar surface area (TPSA) is 23.5 Å². The highest BCUT2D eigenvalue weighted by atomic mass is 16.5. The van der Waals surface area contributed by atoms with Gasteiger partial charge in [-0.2, -0.15) is 0 Å². The molecule has 0 bridgehead atoms. The molecule has 1 radical (unpaired) electrons. The minimum atomic E-state index is 0.829. The number of anilines is 1. The van der Waals surface area contributed by atoms with Gasteiger partial charge in [0.15, 0.2) is 0 Å². The fraction of sp³-hybridized carbons (Fsp3) is 0.111. The highest BCUT2D eigenvalue weighted by Crippen LogP contribution is 2.22. The van der Waals surface area contributed by atoms with E-state index in [0.29, 0.717) is 0 Å². The summed E-state index contributed by atoms with van der Waals surface area (Å²) in [7, 11) is 0. The minimum absolute atomic E-state index is 0.829. The summed E-state index contributed by atoms with van der Waals surface area (Å²) in [5.74, 6) is 0. The predicted molar refractivity (Wildman–Crippen MR) is 42.2 cm³/mol. The van der Waals surface area contributed by atoms with Crippen molar-refractivity contribution >= 4 is 5.69 Å². The highest BCUT2D eigenvalue weighted by Gasteiger charge is 2.08. The molecule has 0 aliphatic carbocycles. The van der Waals surface area contributed by atoms with Crippen molar-refractivity contribution in [3.63, 3.8) is 0 Å². The molecule has 0 fully saturated rings. The molecule has 0 unspecified atom stereocenters. The summed E-state index contributed by atoms with van der Waals surface area (Å²) >= 11 is 0. The average Bonchev–Trinajstić information content (AvgIpc) is 2.06. The molecule has 1 aliphatic rings. The summed E-state index contributed by atoms with van der Waals surface area (Å²) in [6.45, 7) is 0. The number of benzene rings is 1. The molecule has 2 nitrogen and oxygen atoms in total. The second-order valence-corrected chi connectivity index (χ2v) is 2.48. The van der Waals surface area contributed by atoms with Crippen LogP contribution in [-0.4, -0.2) is 5.21 Å². The van der Waals surface area contributed by atoms with Gasteiger partial charge < -0.3 is 0 Å². The summed E-state index contributed by atoms with van der Waals surface area (Å²) in [4.78, 5) is 0. The van der Waals surface area contributed by atoms with Crippen LogP contribution >= 0.6 is 0 Å². The number of nitrogens with zero attached hydrogens (tertiary/aromatic N) is 1. The fourth-order valence-corrected chi connectivity index (χ4v) is 1.20. The van der Waals surface area contributed by atoms with E-state index in [4.69, 9.17) is 0 Å². The molecule has 0 amide bonds. The lowest BCUT2D eigenvalue weighted by Gasteiger charge is -2.18. The van der Waals surface area contributed by atoms with Gasteiger partial charge in [-0.15, -0.1) is 0 Å². The third-order valence-electron chi connectivity index (χ3n) is 1.76. The molecule has 2 heteroatoms. The first-order chi connectivity index (χ1) is 5.38. The lowest BCUT2D eigenvalue weighted by atomic mass is 10.1. The first-order valence-electron chi connectivity index (χ1n) is 3.53. The van der Waals surface area contributed by atoms with Crippen LogP contribution in [0.4, 0.5) is 5.69 Å². The second kappa shape index (κ2) is 2.40. The maximum absolute atomic E-state index is 9.25. The lowest BCUT2D eigenvalue weighted by Crippen LogP contribution is -2.15. The number of hydrogen-bond acceptors (Lipinski definition) is 2. The van der Waals surface area contributed by atoms with Crippen LogP contribution in [0.3, 0.4) is 0 Å². The summed E-state index contributed by atoms with van der Waals surface area (Å²) < 4.78 is 0. The van der Waals surface area contributed by atoms with Crippen LogP contribution in [0, 0.1) is 6.20 Å². The van der Waals surface area contributed by atoms with Crippen LogP contribution in [0.1, 0.15) is 5.56 Å². The predicted octanol–water partition coefficient (Wildman–Crippen LogP) is 1.76. The molecule has 0 saturated carbocycles. The van der Waals surface area contributed by atoms with E-state index in [0.717, 1.165) is 22.7 Å². The average molecular weight is 146 g/mol. The van der Waals surface area contributed by atoms with E-state index in [1.54, 1.807) is 0 Å². The van der Waals surface area contributed by atoms with Gasteiger partial charge in [0.2, 0.25) is 0 Å². The summed E-state index contributed by atoms with van der Waals surface area (Å²) in [6, 6.07) is 7.73. The largest absolute Gasteiger partial charge is 0.283 e.